The van der Waals surface area contributed by atoms with Crippen LogP contribution in [0.4, 0.5) is 5.82 Å². The standard InChI is InChI=1S/C18H23N3/c1-13-4-5-15-10-18(2,3)21(12-16(15)8-13)11-14-6-7-20-17(19)9-14/h4-9H,10-12H2,1-3H3,(H2,19,20). The Morgan fingerprint density at radius 2 is 2.00 bits per heavy atom. The molecule has 0 unspecified atom stereocenters. The van der Waals surface area contributed by atoms with Crippen molar-refractivity contribution in [1.82, 2.24) is 9.88 Å². The van der Waals surface area contributed by atoms with Crippen LogP contribution in [0.2, 0.25) is 0 Å². The van der Waals surface area contributed by atoms with Crippen LogP contribution in [0.25, 0.3) is 0 Å². The molecule has 2 aromatic rings. The third-order valence-corrected chi connectivity index (χ3v) is 4.42. The first kappa shape index (κ1) is 14.1. The summed E-state index contributed by atoms with van der Waals surface area (Å²) >= 11 is 0. The maximum atomic E-state index is 5.80. The van der Waals surface area contributed by atoms with Crippen molar-refractivity contribution >= 4 is 5.82 Å². The second-order valence-electron chi connectivity index (χ2n) is 6.71. The molecule has 0 bridgehead atoms. The van der Waals surface area contributed by atoms with E-state index >= 15 is 0 Å². The van der Waals surface area contributed by atoms with E-state index in [9.17, 15) is 0 Å². The zero-order valence-corrected chi connectivity index (χ0v) is 13.1. The topological polar surface area (TPSA) is 42.2 Å². The lowest BCUT2D eigenvalue weighted by molar-refractivity contribution is 0.0890. The van der Waals surface area contributed by atoms with Gasteiger partial charge in [0.15, 0.2) is 0 Å². The third-order valence-electron chi connectivity index (χ3n) is 4.42. The smallest absolute Gasteiger partial charge is 0.123 e. The van der Waals surface area contributed by atoms with E-state index in [4.69, 9.17) is 5.73 Å². The molecule has 0 fully saturated rings. The van der Waals surface area contributed by atoms with E-state index in [0.29, 0.717) is 5.82 Å². The van der Waals surface area contributed by atoms with Gasteiger partial charge in [0, 0.05) is 24.8 Å². The molecule has 2 heterocycles. The first-order chi connectivity index (χ1) is 9.94. The maximum Gasteiger partial charge on any atom is 0.123 e. The molecule has 0 spiro atoms. The number of hydrogen-bond donors (Lipinski definition) is 1. The largest absolute Gasteiger partial charge is 0.384 e. The van der Waals surface area contributed by atoms with Crippen LogP contribution in [0.1, 0.15) is 36.1 Å². The monoisotopic (exact) mass is 281 g/mol. The maximum absolute atomic E-state index is 5.80. The quantitative estimate of drug-likeness (QED) is 0.918. The van der Waals surface area contributed by atoms with Gasteiger partial charge in [-0.2, -0.15) is 0 Å². The molecule has 3 nitrogen and oxygen atoms in total. The summed E-state index contributed by atoms with van der Waals surface area (Å²) in [5.74, 6) is 0.596. The minimum absolute atomic E-state index is 0.153. The minimum atomic E-state index is 0.153. The fraction of sp³-hybridized carbons (Fsp3) is 0.389. The van der Waals surface area contributed by atoms with Crippen LogP contribution in [0, 0.1) is 6.92 Å². The second kappa shape index (κ2) is 5.15. The fourth-order valence-corrected chi connectivity index (χ4v) is 3.15. The first-order valence-electron chi connectivity index (χ1n) is 7.48. The summed E-state index contributed by atoms with van der Waals surface area (Å²) in [6.45, 7) is 8.70. The summed E-state index contributed by atoms with van der Waals surface area (Å²) in [6.07, 6.45) is 2.88. The van der Waals surface area contributed by atoms with Crippen LogP contribution in [-0.2, 0) is 19.5 Å². The molecule has 0 aliphatic carbocycles. The Labute approximate surface area is 126 Å². The number of fused-ring (bicyclic) bond motifs is 1. The second-order valence-corrected chi connectivity index (χ2v) is 6.71. The van der Waals surface area contributed by atoms with Gasteiger partial charge in [-0.05, 0) is 56.0 Å². The number of nitrogens with zero attached hydrogens (tertiary/aromatic N) is 2. The molecule has 0 saturated heterocycles. The molecule has 0 amide bonds. The highest BCUT2D eigenvalue weighted by Crippen LogP contribution is 2.32. The summed E-state index contributed by atoms with van der Waals surface area (Å²) in [7, 11) is 0. The van der Waals surface area contributed by atoms with Crippen molar-refractivity contribution in [2.45, 2.75) is 45.8 Å². The molecule has 2 N–H and O–H groups in total. The predicted octanol–water partition coefficient (Wildman–Crippen LogP) is 3.31. The highest BCUT2D eigenvalue weighted by atomic mass is 15.2. The molecule has 1 aliphatic heterocycles. The number of hydrogen-bond acceptors (Lipinski definition) is 3. The zero-order valence-electron chi connectivity index (χ0n) is 13.1. The van der Waals surface area contributed by atoms with Crippen LogP contribution in [0.3, 0.4) is 0 Å². The van der Waals surface area contributed by atoms with Crippen LogP contribution in [-0.4, -0.2) is 15.4 Å². The summed E-state index contributed by atoms with van der Waals surface area (Å²) in [5, 5.41) is 0. The van der Waals surface area contributed by atoms with Gasteiger partial charge >= 0.3 is 0 Å². The van der Waals surface area contributed by atoms with Crippen molar-refractivity contribution in [2.24, 2.45) is 0 Å². The molecule has 1 aromatic heterocycles. The molecule has 21 heavy (non-hydrogen) atoms. The Bertz CT molecular complexity index is 661. The van der Waals surface area contributed by atoms with E-state index in [0.717, 1.165) is 19.5 Å². The molecule has 0 saturated carbocycles. The lowest BCUT2D eigenvalue weighted by Gasteiger charge is -2.43. The molecular formula is C18H23N3. The fourth-order valence-electron chi connectivity index (χ4n) is 3.15. The lowest BCUT2D eigenvalue weighted by atomic mass is 9.84. The number of nitrogen functional groups attached to an aromatic ring is 1. The van der Waals surface area contributed by atoms with Gasteiger partial charge in [-0.3, -0.25) is 4.90 Å². The zero-order chi connectivity index (χ0) is 15.0. The summed E-state index contributed by atoms with van der Waals surface area (Å²) < 4.78 is 0. The predicted molar refractivity (Wildman–Crippen MR) is 86.9 cm³/mol. The highest BCUT2D eigenvalue weighted by Gasteiger charge is 2.32. The van der Waals surface area contributed by atoms with Crippen molar-refractivity contribution in [1.29, 1.82) is 0 Å². The van der Waals surface area contributed by atoms with Gasteiger partial charge in [0.1, 0.15) is 5.82 Å². The lowest BCUT2D eigenvalue weighted by Crippen LogP contribution is -2.47. The molecular weight excluding hydrogens is 258 g/mol. The molecule has 3 rings (SSSR count). The van der Waals surface area contributed by atoms with Crippen molar-refractivity contribution < 1.29 is 0 Å². The summed E-state index contributed by atoms with van der Waals surface area (Å²) in [6, 6.07) is 10.8. The van der Waals surface area contributed by atoms with Crippen LogP contribution in [0.15, 0.2) is 36.5 Å². The van der Waals surface area contributed by atoms with Gasteiger partial charge in [-0.1, -0.05) is 23.8 Å². The van der Waals surface area contributed by atoms with Crippen LogP contribution >= 0.6 is 0 Å². The first-order valence-corrected chi connectivity index (χ1v) is 7.48. The average Bonchev–Trinajstić information content (AvgIpc) is 2.40. The molecule has 3 heteroatoms. The number of rotatable bonds is 2. The van der Waals surface area contributed by atoms with Crippen LogP contribution < -0.4 is 5.73 Å². The van der Waals surface area contributed by atoms with E-state index in [1.54, 1.807) is 6.20 Å². The van der Waals surface area contributed by atoms with Crippen molar-refractivity contribution in [3.05, 3.63) is 58.8 Å². The Morgan fingerprint density at radius 1 is 1.19 bits per heavy atom. The van der Waals surface area contributed by atoms with Gasteiger partial charge in [0.05, 0.1) is 0 Å². The third kappa shape index (κ3) is 2.93. The van der Waals surface area contributed by atoms with Gasteiger partial charge in [-0.15, -0.1) is 0 Å². The van der Waals surface area contributed by atoms with Gasteiger partial charge in [-0.25, -0.2) is 4.98 Å². The Balaban J connectivity index is 1.88. The number of aromatic nitrogens is 1. The SMILES string of the molecule is Cc1ccc2c(c1)CN(Cc1ccnc(N)c1)C(C)(C)C2. The molecule has 0 atom stereocenters. The Kier molecular flexibility index (Phi) is 3.46. The average molecular weight is 281 g/mol. The van der Waals surface area contributed by atoms with Gasteiger partial charge < -0.3 is 5.73 Å². The number of aryl methyl sites for hydroxylation is 1. The van der Waals surface area contributed by atoms with E-state index in [1.165, 1.54) is 22.3 Å². The Morgan fingerprint density at radius 3 is 2.76 bits per heavy atom. The molecule has 0 radical (unpaired) electrons. The summed E-state index contributed by atoms with van der Waals surface area (Å²) in [4.78, 5) is 6.61. The van der Waals surface area contributed by atoms with Crippen molar-refractivity contribution in [3.63, 3.8) is 0 Å². The highest BCUT2D eigenvalue weighted by molar-refractivity contribution is 5.36. The van der Waals surface area contributed by atoms with Gasteiger partial charge in [0.25, 0.3) is 0 Å². The van der Waals surface area contributed by atoms with Crippen molar-refractivity contribution in [3.8, 4) is 0 Å². The van der Waals surface area contributed by atoms with Crippen molar-refractivity contribution in [2.75, 3.05) is 5.73 Å². The molecule has 1 aliphatic rings. The molecule has 1 aromatic carbocycles. The summed E-state index contributed by atoms with van der Waals surface area (Å²) in [5.41, 5.74) is 11.5. The van der Waals surface area contributed by atoms with E-state index in [-0.39, 0.29) is 5.54 Å². The number of benzene rings is 1. The minimum Gasteiger partial charge on any atom is -0.384 e. The number of pyridine rings is 1. The van der Waals surface area contributed by atoms with Gasteiger partial charge in [0.2, 0.25) is 0 Å². The molecule has 110 valence electrons. The number of nitrogens with two attached hydrogens (primary N) is 1. The van der Waals surface area contributed by atoms with Crippen LogP contribution in [0.5, 0.6) is 0 Å². The van der Waals surface area contributed by atoms with E-state index in [1.807, 2.05) is 6.07 Å². The Hall–Kier alpha value is -1.87. The number of anilines is 1. The normalized spacial score (nSPS) is 17.5. The van der Waals surface area contributed by atoms with E-state index < -0.39 is 0 Å². The van der Waals surface area contributed by atoms with E-state index in [2.05, 4.69) is 54.9 Å².